The minimum absolute atomic E-state index is 0.000732. The van der Waals surface area contributed by atoms with Crippen molar-refractivity contribution in [3.8, 4) is 11.1 Å². The minimum Gasteiger partial charge on any atom is -0.378 e. The summed E-state index contributed by atoms with van der Waals surface area (Å²) in [6.07, 6.45) is -0.546. The molecule has 0 spiro atoms. The molecule has 0 radical (unpaired) electrons. The van der Waals surface area contributed by atoms with Crippen molar-refractivity contribution in [2.24, 2.45) is 0 Å². The lowest BCUT2D eigenvalue weighted by Gasteiger charge is -2.29. The molecule has 7 nitrogen and oxygen atoms in total. The topological polar surface area (TPSA) is 70.6 Å². The van der Waals surface area contributed by atoms with Gasteiger partial charge in [0.05, 0.1) is 41.1 Å². The Morgan fingerprint density at radius 2 is 1.79 bits per heavy atom. The van der Waals surface area contributed by atoms with Crippen molar-refractivity contribution >= 4 is 39.8 Å². The van der Waals surface area contributed by atoms with Crippen LogP contribution in [0.15, 0.2) is 42.6 Å². The molecule has 2 aromatic heterocycles. The second-order valence-corrected chi connectivity index (χ2v) is 10.2. The van der Waals surface area contributed by atoms with Gasteiger partial charge in [0.15, 0.2) is 0 Å². The van der Waals surface area contributed by atoms with Crippen LogP contribution in [0.4, 0.5) is 45.0 Å². The summed E-state index contributed by atoms with van der Waals surface area (Å²) in [6, 6.07) is 6.93. The summed E-state index contributed by atoms with van der Waals surface area (Å²) in [5.74, 6) is -2.08. The monoisotopic (exact) mass is 583 g/mol. The third-order valence-corrected chi connectivity index (χ3v) is 7.58. The van der Waals surface area contributed by atoms with Crippen molar-refractivity contribution in [2.45, 2.75) is 26.2 Å². The largest absolute Gasteiger partial charge is 0.378 e. The number of fused-ring (bicyclic) bond motifs is 1. The normalized spacial score (nSPS) is 15.7. The van der Waals surface area contributed by atoms with Gasteiger partial charge in [-0.1, -0.05) is 6.07 Å². The highest BCUT2D eigenvalue weighted by molar-refractivity contribution is 6.03. The summed E-state index contributed by atoms with van der Waals surface area (Å²) in [5, 5.41) is 3.25. The highest BCUT2D eigenvalue weighted by atomic mass is 19.3. The standard InChI is InChI=1S/C30H26F5N5O2/c1-16-28(27-22(33)12-18(31)13-24(27)38-30(16)40-6-2-3-26(40)41)37-23-14-25(39-7-9-42-10-8-39)36-15-20(23)17-4-5-19(29(34)35)21(32)11-17/h4-5,11-15,29H,2-3,6-10H2,1H3,(H,36,37,38). The van der Waals surface area contributed by atoms with Crippen LogP contribution in [-0.4, -0.2) is 48.7 Å². The number of alkyl halides is 2. The summed E-state index contributed by atoms with van der Waals surface area (Å²) in [4.78, 5) is 25.1. The molecule has 0 aliphatic carbocycles. The molecular weight excluding hydrogens is 557 g/mol. The molecule has 2 aliphatic rings. The van der Waals surface area contributed by atoms with Crippen molar-refractivity contribution < 1.29 is 31.5 Å². The van der Waals surface area contributed by atoms with E-state index < -0.39 is 29.4 Å². The number of morpholine rings is 1. The number of hydrogen-bond donors (Lipinski definition) is 1. The number of amides is 1. The lowest BCUT2D eigenvalue weighted by Crippen LogP contribution is -2.36. The second kappa shape index (κ2) is 11.2. The molecule has 2 aliphatic heterocycles. The molecule has 2 saturated heterocycles. The molecule has 0 saturated carbocycles. The van der Waals surface area contributed by atoms with Gasteiger partial charge in [0.1, 0.15) is 29.1 Å². The molecule has 6 rings (SSSR count). The molecule has 2 aromatic carbocycles. The minimum atomic E-state index is -2.99. The van der Waals surface area contributed by atoms with Crippen LogP contribution >= 0.6 is 0 Å². The number of ether oxygens (including phenoxy) is 1. The van der Waals surface area contributed by atoms with Gasteiger partial charge in [0.25, 0.3) is 6.43 Å². The fourth-order valence-corrected chi connectivity index (χ4v) is 5.43. The highest BCUT2D eigenvalue weighted by Gasteiger charge is 2.28. The van der Waals surface area contributed by atoms with Gasteiger partial charge in [-0.3, -0.25) is 9.69 Å². The Hall–Kier alpha value is -4.32. The Kier molecular flexibility index (Phi) is 7.40. The molecule has 4 aromatic rings. The van der Waals surface area contributed by atoms with Crippen molar-refractivity contribution in [2.75, 3.05) is 48.0 Å². The number of hydrogen-bond acceptors (Lipinski definition) is 6. The first-order chi connectivity index (χ1) is 20.2. The fourth-order valence-electron chi connectivity index (χ4n) is 5.43. The molecule has 1 amide bonds. The Balaban J connectivity index is 1.55. The van der Waals surface area contributed by atoms with Crippen molar-refractivity contribution in [3.05, 3.63) is 71.2 Å². The lowest BCUT2D eigenvalue weighted by molar-refractivity contribution is -0.117. The van der Waals surface area contributed by atoms with E-state index in [1.54, 1.807) is 13.0 Å². The molecular formula is C30H26F5N5O2. The number of halogens is 5. The first kappa shape index (κ1) is 27.8. The van der Waals surface area contributed by atoms with Gasteiger partial charge in [0, 0.05) is 61.6 Å². The number of aromatic nitrogens is 2. The van der Waals surface area contributed by atoms with Crippen LogP contribution in [0.3, 0.4) is 0 Å². The number of anilines is 4. The van der Waals surface area contributed by atoms with Crippen molar-refractivity contribution in [1.29, 1.82) is 0 Å². The van der Waals surface area contributed by atoms with Crippen molar-refractivity contribution in [1.82, 2.24) is 9.97 Å². The zero-order valence-corrected chi connectivity index (χ0v) is 22.6. The number of pyridine rings is 2. The van der Waals surface area contributed by atoms with Crippen LogP contribution in [0, 0.1) is 24.4 Å². The van der Waals surface area contributed by atoms with Crippen LogP contribution in [0.5, 0.6) is 0 Å². The van der Waals surface area contributed by atoms with E-state index >= 15 is 4.39 Å². The zero-order chi connectivity index (χ0) is 29.5. The summed E-state index contributed by atoms with van der Waals surface area (Å²) in [5.41, 5.74) is 0.942. The van der Waals surface area contributed by atoms with E-state index in [-0.39, 0.29) is 33.9 Å². The lowest BCUT2D eigenvalue weighted by atomic mass is 10.0. The maximum atomic E-state index is 15.4. The van der Waals surface area contributed by atoms with Crippen LogP contribution < -0.4 is 15.1 Å². The van der Waals surface area contributed by atoms with E-state index in [0.29, 0.717) is 68.3 Å². The van der Waals surface area contributed by atoms with Crippen LogP contribution in [0.25, 0.3) is 22.0 Å². The van der Waals surface area contributed by atoms with Crippen LogP contribution in [0.2, 0.25) is 0 Å². The van der Waals surface area contributed by atoms with Gasteiger partial charge in [-0.05, 0) is 31.0 Å². The summed E-state index contributed by atoms with van der Waals surface area (Å²) in [7, 11) is 0. The fraction of sp³-hybridized carbons (Fsp3) is 0.300. The molecule has 0 bridgehead atoms. The van der Waals surface area contributed by atoms with Gasteiger partial charge < -0.3 is 15.0 Å². The number of carbonyl (C=O) groups is 1. The molecule has 0 unspecified atom stereocenters. The van der Waals surface area contributed by atoms with Gasteiger partial charge in [-0.2, -0.15) is 0 Å². The molecule has 42 heavy (non-hydrogen) atoms. The first-order valence-corrected chi connectivity index (χ1v) is 13.5. The van der Waals surface area contributed by atoms with E-state index in [1.165, 1.54) is 17.2 Å². The number of benzene rings is 2. The Bertz CT molecular complexity index is 1690. The van der Waals surface area contributed by atoms with E-state index in [1.807, 2.05) is 4.90 Å². The number of carbonyl (C=O) groups excluding carboxylic acids is 1. The average molecular weight is 584 g/mol. The smallest absolute Gasteiger partial charge is 0.266 e. The maximum Gasteiger partial charge on any atom is 0.266 e. The molecule has 0 atom stereocenters. The zero-order valence-electron chi connectivity index (χ0n) is 22.6. The van der Waals surface area contributed by atoms with Crippen LogP contribution in [0.1, 0.15) is 30.4 Å². The molecule has 12 heteroatoms. The third-order valence-electron chi connectivity index (χ3n) is 7.58. The van der Waals surface area contributed by atoms with E-state index in [9.17, 15) is 22.4 Å². The molecule has 4 heterocycles. The summed E-state index contributed by atoms with van der Waals surface area (Å²) < 4.78 is 76.3. The number of nitrogens with one attached hydrogen (secondary N) is 1. The molecule has 218 valence electrons. The third kappa shape index (κ3) is 5.11. The van der Waals surface area contributed by atoms with Crippen molar-refractivity contribution in [3.63, 3.8) is 0 Å². The van der Waals surface area contributed by atoms with Gasteiger partial charge in [0.2, 0.25) is 5.91 Å². The summed E-state index contributed by atoms with van der Waals surface area (Å²) in [6.45, 7) is 4.20. The first-order valence-electron chi connectivity index (χ1n) is 13.5. The predicted octanol–water partition coefficient (Wildman–Crippen LogP) is 6.67. The number of rotatable bonds is 6. The van der Waals surface area contributed by atoms with Gasteiger partial charge in [-0.25, -0.2) is 31.9 Å². The van der Waals surface area contributed by atoms with Gasteiger partial charge >= 0.3 is 0 Å². The second-order valence-electron chi connectivity index (χ2n) is 10.2. The Morgan fingerprint density at radius 3 is 2.48 bits per heavy atom. The molecule has 2 fully saturated rings. The Labute approximate surface area is 237 Å². The van der Waals surface area contributed by atoms with E-state index in [4.69, 9.17) is 4.74 Å². The van der Waals surface area contributed by atoms with E-state index in [2.05, 4.69) is 15.3 Å². The highest BCUT2D eigenvalue weighted by Crippen LogP contribution is 2.41. The Morgan fingerprint density at radius 1 is 1.00 bits per heavy atom. The van der Waals surface area contributed by atoms with Gasteiger partial charge in [-0.15, -0.1) is 0 Å². The SMILES string of the molecule is Cc1c(N2CCCC2=O)nc2cc(F)cc(F)c2c1Nc1cc(N2CCOCC2)ncc1-c1ccc(C(F)F)c(F)c1. The summed E-state index contributed by atoms with van der Waals surface area (Å²) >= 11 is 0. The van der Waals surface area contributed by atoms with E-state index in [0.717, 1.165) is 24.3 Å². The van der Waals surface area contributed by atoms with Crippen LogP contribution in [-0.2, 0) is 9.53 Å². The molecule has 1 N–H and O–H groups in total. The average Bonchev–Trinajstić information content (AvgIpc) is 3.39. The predicted molar refractivity (Wildman–Crippen MR) is 149 cm³/mol. The maximum absolute atomic E-state index is 15.4. The quantitative estimate of drug-likeness (QED) is 0.256. The number of nitrogens with zero attached hydrogens (tertiary/aromatic N) is 4.